The van der Waals surface area contributed by atoms with Crippen LogP contribution in [-0.4, -0.2) is 42.1 Å². The van der Waals surface area contributed by atoms with Crippen molar-refractivity contribution in [2.24, 2.45) is 0 Å². The van der Waals surface area contributed by atoms with Crippen molar-refractivity contribution in [1.82, 2.24) is 4.90 Å². The summed E-state index contributed by atoms with van der Waals surface area (Å²) in [5.74, 6) is -1.00. The predicted octanol–water partition coefficient (Wildman–Crippen LogP) is 5.33. The van der Waals surface area contributed by atoms with Gasteiger partial charge >= 0.3 is 6.18 Å². The van der Waals surface area contributed by atoms with E-state index in [0.29, 0.717) is 18.8 Å². The number of anilines is 1. The molecule has 0 bridgehead atoms. The van der Waals surface area contributed by atoms with Crippen molar-refractivity contribution in [2.75, 3.05) is 31.1 Å². The minimum atomic E-state index is -4.42. The lowest BCUT2D eigenvalue weighted by molar-refractivity contribution is -0.137. The van der Waals surface area contributed by atoms with Gasteiger partial charge in [0.25, 0.3) is 5.91 Å². The van der Waals surface area contributed by atoms with Gasteiger partial charge in [-0.25, -0.2) is 0 Å². The van der Waals surface area contributed by atoms with Crippen molar-refractivity contribution >= 4 is 46.4 Å². The topological polar surface area (TPSA) is 43.8 Å². The van der Waals surface area contributed by atoms with Crippen LogP contribution >= 0.6 is 34.8 Å². The Labute approximate surface area is 174 Å². The number of rotatable bonds is 2. The first-order valence-corrected chi connectivity index (χ1v) is 9.31. The third-order valence-electron chi connectivity index (χ3n) is 4.47. The van der Waals surface area contributed by atoms with E-state index in [2.05, 4.69) is 0 Å². The summed E-state index contributed by atoms with van der Waals surface area (Å²) in [5, 5.41) is 9.94. The monoisotopic (exact) mass is 452 g/mol. The molecule has 2 aromatic carbocycles. The molecule has 0 saturated carbocycles. The van der Waals surface area contributed by atoms with Crippen molar-refractivity contribution < 1.29 is 23.1 Å². The Morgan fingerprint density at radius 2 is 1.64 bits per heavy atom. The zero-order valence-electron chi connectivity index (χ0n) is 14.2. The van der Waals surface area contributed by atoms with E-state index in [-0.39, 0.29) is 33.7 Å². The number of phenolic OH excluding ortho intramolecular Hbond substituents is 1. The maximum absolute atomic E-state index is 12.9. The highest BCUT2D eigenvalue weighted by atomic mass is 35.5. The van der Waals surface area contributed by atoms with Crippen LogP contribution in [-0.2, 0) is 6.18 Å². The van der Waals surface area contributed by atoms with Crippen LogP contribution < -0.4 is 4.90 Å². The van der Waals surface area contributed by atoms with Crippen LogP contribution in [0.25, 0.3) is 0 Å². The molecule has 4 nitrogen and oxygen atoms in total. The predicted molar refractivity (Wildman–Crippen MR) is 103 cm³/mol. The number of halogens is 6. The van der Waals surface area contributed by atoms with Crippen molar-refractivity contribution in [3.63, 3.8) is 0 Å². The van der Waals surface area contributed by atoms with Gasteiger partial charge in [0.05, 0.1) is 20.6 Å². The van der Waals surface area contributed by atoms with Gasteiger partial charge in [-0.05, 0) is 24.3 Å². The molecule has 3 rings (SSSR count). The number of carbonyl (C=O) groups is 1. The number of phenols is 1. The fraction of sp³-hybridized carbons (Fsp3) is 0.278. The molecule has 0 aliphatic carbocycles. The third kappa shape index (κ3) is 4.11. The Hall–Kier alpha value is -1.83. The first-order chi connectivity index (χ1) is 13.1. The average molecular weight is 454 g/mol. The van der Waals surface area contributed by atoms with Crippen molar-refractivity contribution in [1.29, 1.82) is 0 Å². The van der Waals surface area contributed by atoms with Gasteiger partial charge < -0.3 is 14.9 Å². The molecule has 0 aromatic heterocycles. The van der Waals surface area contributed by atoms with Crippen molar-refractivity contribution in [3.8, 4) is 5.75 Å². The summed E-state index contributed by atoms with van der Waals surface area (Å²) >= 11 is 17.8. The first-order valence-electron chi connectivity index (χ1n) is 8.17. The molecule has 2 aromatic rings. The normalized spacial score (nSPS) is 15.1. The highest BCUT2D eigenvalue weighted by Gasteiger charge is 2.32. The lowest BCUT2D eigenvalue weighted by atomic mass is 10.1. The summed E-state index contributed by atoms with van der Waals surface area (Å²) in [5.41, 5.74) is -0.492. The number of alkyl halides is 3. The zero-order chi connectivity index (χ0) is 20.6. The van der Waals surface area contributed by atoms with Gasteiger partial charge in [-0.3, -0.25) is 4.79 Å². The molecular weight excluding hydrogens is 440 g/mol. The molecule has 0 spiro atoms. The highest BCUT2D eigenvalue weighted by Crippen LogP contribution is 2.39. The minimum Gasteiger partial charge on any atom is -0.505 e. The number of nitrogens with zero attached hydrogens (tertiary/aromatic N) is 2. The summed E-state index contributed by atoms with van der Waals surface area (Å²) in [6.07, 6.45) is -4.42. The highest BCUT2D eigenvalue weighted by molar-refractivity contribution is 6.45. The van der Waals surface area contributed by atoms with Crippen LogP contribution in [0.4, 0.5) is 18.9 Å². The number of benzene rings is 2. The minimum absolute atomic E-state index is 0.0374. The zero-order valence-corrected chi connectivity index (χ0v) is 16.5. The number of hydrogen-bond donors (Lipinski definition) is 1. The number of piperazine rings is 1. The number of aromatic hydroxyl groups is 1. The fourth-order valence-corrected chi connectivity index (χ4v) is 3.67. The Kier molecular flexibility index (Phi) is 5.89. The Morgan fingerprint density at radius 3 is 2.25 bits per heavy atom. The van der Waals surface area contributed by atoms with Crippen LogP contribution in [0.5, 0.6) is 5.75 Å². The van der Waals surface area contributed by atoms with Crippen molar-refractivity contribution in [3.05, 3.63) is 56.5 Å². The second-order valence-electron chi connectivity index (χ2n) is 6.21. The van der Waals surface area contributed by atoms with E-state index in [1.165, 1.54) is 17.0 Å². The quantitative estimate of drug-likeness (QED) is 0.625. The number of carbonyl (C=O) groups excluding carboxylic acids is 1. The lowest BCUT2D eigenvalue weighted by Crippen LogP contribution is -2.49. The molecule has 10 heteroatoms. The molecule has 28 heavy (non-hydrogen) atoms. The molecule has 0 atom stereocenters. The molecule has 1 heterocycles. The SMILES string of the molecule is O=C(c1c(O)c(Cl)cc(Cl)c1Cl)N1CCN(c2cccc(C(F)(F)F)c2)CC1. The number of hydrogen-bond acceptors (Lipinski definition) is 3. The van der Waals surface area contributed by atoms with Crippen LogP contribution in [0.2, 0.25) is 15.1 Å². The van der Waals surface area contributed by atoms with E-state index in [0.717, 1.165) is 12.1 Å². The maximum Gasteiger partial charge on any atom is 0.416 e. The molecule has 1 amide bonds. The molecule has 1 N–H and O–H groups in total. The van der Waals surface area contributed by atoms with E-state index in [9.17, 15) is 23.1 Å². The molecular formula is C18H14Cl3F3N2O2. The Morgan fingerprint density at radius 1 is 1.00 bits per heavy atom. The standard InChI is InChI=1S/C18H14Cl3F3N2O2/c19-12-9-13(20)16(27)14(15(12)21)17(28)26-6-4-25(5-7-26)11-3-1-2-10(8-11)18(22,23)24/h1-3,8-9,27H,4-7H2. The fourth-order valence-electron chi connectivity index (χ4n) is 2.99. The van der Waals surface area contributed by atoms with Gasteiger partial charge in [0.1, 0.15) is 11.3 Å². The molecule has 1 saturated heterocycles. The summed E-state index contributed by atoms with van der Waals surface area (Å²) in [6, 6.07) is 6.27. The Balaban J connectivity index is 1.76. The van der Waals surface area contributed by atoms with E-state index >= 15 is 0 Å². The second kappa shape index (κ2) is 7.89. The molecule has 0 unspecified atom stereocenters. The third-order valence-corrected chi connectivity index (χ3v) is 5.54. The van der Waals surface area contributed by atoms with E-state index in [4.69, 9.17) is 34.8 Å². The lowest BCUT2D eigenvalue weighted by Gasteiger charge is -2.36. The summed E-state index contributed by atoms with van der Waals surface area (Å²) < 4.78 is 38.7. The van der Waals surface area contributed by atoms with Gasteiger partial charge in [0.15, 0.2) is 0 Å². The van der Waals surface area contributed by atoms with E-state index in [1.807, 2.05) is 0 Å². The van der Waals surface area contributed by atoms with Gasteiger partial charge in [0, 0.05) is 31.9 Å². The molecule has 0 radical (unpaired) electrons. The van der Waals surface area contributed by atoms with Crippen LogP contribution in [0, 0.1) is 0 Å². The van der Waals surface area contributed by atoms with Gasteiger partial charge in [-0.2, -0.15) is 13.2 Å². The van der Waals surface area contributed by atoms with Crippen molar-refractivity contribution in [2.45, 2.75) is 6.18 Å². The molecule has 1 aliphatic rings. The van der Waals surface area contributed by atoms with E-state index in [1.54, 1.807) is 11.0 Å². The first kappa shape index (κ1) is 20.9. The summed E-state index contributed by atoms with van der Waals surface area (Å²) in [7, 11) is 0. The van der Waals surface area contributed by atoms with Gasteiger partial charge in [-0.1, -0.05) is 40.9 Å². The van der Waals surface area contributed by atoms with Gasteiger partial charge in [0.2, 0.25) is 0 Å². The Bertz CT molecular complexity index is 887. The summed E-state index contributed by atoms with van der Waals surface area (Å²) in [6.45, 7) is 1.10. The molecule has 150 valence electrons. The van der Waals surface area contributed by atoms with Crippen LogP contribution in [0.1, 0.15) is 15.9 Å². The largest absolute Gasteiger partial charge is 0.505 e. The number of amides is 1. The second-order valence-corrected chi connectivity index (χ2v) is 7.40. The van der Waals surface area contributed by atoms with Crippen LogP contribution in [0.3, 0.4) is 0 Å². The summed E-state index contributed by atoms with van der Waals surface area (Å²) in [4.78, 5) is 16.0. The smallest absolute Gasteiger partial charge is 0.416 e. The van der Waals surface area contributed by atoms with Crippen LogP contribution in [0.15, 0.2) is 30.3 Å². The van der Waals surface area contributed by atoms with Gasteiger partial charge in [-0.15, -0.1) is 0 Å². The molecule has 1 fully saturated rings. The maximum atomic E-state index is 12.9. The average Bonchev–Trinajstić information content (AvgIpc) is 2.66. The van der Waals surface area contributed by atoms with E-state index < -0.39 is 23.4 Å². The molecule has 1 aliphatic heterocycles.